The monoisotopic (exact) mass is 234 g/mol. The van der Waals surface area contributed by atoms with Crippen molar-refractivity contribution >= 4 is 0 Å². The van der Waals surface area contributed by atoms with Crippen molar-refractivity contribution in [2.75, 3.05) is 19.6 Å². The largest absolute Gasteiger partial charge is 0.330 e. The van der Waals surface area contributed by atoms with E-state index in [0.29, 0.717) is 0 Å². The molecular formula is C15H26N2. The lowest BCUT2D eigenvalue weighted by atomic mass is 9.94. The Morgan fingerprint density at radius 3 is 2.24 bits per heavy atom. The molecule has 0 radical (unpaired) electrons. The van der Waals surface area contributed by atoms with Crippen molar-refractivity contribution in [3.8, 4) is 0 Å². The minimum atomic E-state index is 0.200. The Morgan fingerprint density at radius 1 is 1.12 bits per heavy atom. The van der Waals surface area contributed by atoms with Crippen LogP contribution in [0.3, 0.4) is 0 Å². The molecule has 0 saturated carbocycles. The van der Waals surface area contributed by atoms with E-state index in [9.17, 15) is 0 Å². The number of hydrogen-bond donors (Lipinski definition) is 2. The predicted molar refractivity (Wildman–Crippen MR) is 75.2 cm³/mol. The van der Waals surface area contributed by atoms with Gasteiger partial charge in [0.05, 0.1) is 0 Å². The van der Waals surface area contributed by atoms with Crippen molar-refractivity contribution in [1.29, 1.82) is 0 Å². The van der Waals surface area contributed by atoms with E-state index in [1.54, 1.807) is 0 Å². The standard InChI is InChI=1S/C15H26N2/c1-4-13-5-7-14(8-6-13)9-10-17-12-15(2,3)11-16/h5-8,17H,4,9-12,16H2,1-3H3. The van der Waals surface area contributed by atoms with Crippen LogP contribution in [0.2, 0.25) is 0 Å². The summed E-state index contributed by atoms with van der Waals surface area (Å²) in [7, 11) is 0. The Balaban J connectivity index is 2.26. The molecule has 0 aliphatic carbocycles. The molecule has 0 fully saturated rings. The maximum atomic E-state index is 5.69. The van der Waals surface area contributed by atoms with Crippen molar-refractivity contribution in [1.82, 2.24) is 5.32 Å². The third kappa shape index (κ3) is 5.33. The second-order valence-electron chi connectivity index (χ2n) is 5.47. The maximum Gasteiger partial charge on any atom is 0.00147 e. The van der Waals surface area contributed by atoms with Gasteiger partial charge in [-0.15, -0.1) is 0 Å². The highest BCUT2D eigenvalue weighted by molar-refractivity contribution is 5.22. The molecule has 1 rings (SSSR count). The van der Waals surface area contributed by atoms with Gasteiger partial charge in [0.1, 0.15) is 0 Å². The number of aryl methyl sites for hydroxylation is 1. The smallest absolute Gasteiger partial charge is 0.00147 e. The molecule has 2 nitrogen and oxygen atoms in total. The summed E-state index contributed by atoms with van der Waals surface area (Å²) in [5, 5.41) is 3.47. The van der Waals surface area contributed by atoms with E-state index in [2.05, 4.69) is 50.4 Å². The zero-order valence-electron chi connectivity index (χ0n) is 11.4. The molecule has 0 unspecified atom stereocenters. The fraction of sp³-hybridized carbons (Fsp3) is 0.600. The van der Waals surface area contributed by atoms with Crippen molar-refractivity contribution in [2.45, 2.75) is 33.6 Å². The highest BCUT2D eigenvalue weighted by Gasteiger charge is 2.13. The summed E-state index contributed by atoms with van der Waals surface area (Å²) in [5.41, 5.74) is 8.70. The number of hydrogen-bond acceptors (Lipinski definition) is 2. The molecule has 1 aromatic rings. The fourth-order valence-corrected chi connectivity index (χ4v) is 1.67. The lowest BCUT2D eigenvalue weighted by molar-refractivity contribution is 0.353. The molecule has 0 spiro atoms. The fourth-order valence-electron chi connectivity index (χ4n) is 1.67. The van der Waals surface area contributed by atoms with Crippen molar-refractivity contribution in [2.24, 2.45) is 11.1 Å². The van der Waals surface area contributed by atoms with Gasteiger partial charge in [0.2, 0.25) is 0 Å². The summed E-state index contributed by atoms with van der Waals surface area (Å²) >= 11 is 0. The van der Waals surface area contributed by atoms with Crippen LogP contribution in [0.15, 0.2) is 24.3 Å². The quantitative estimate of drug-likeness (QED) is 0.711. The van der Waals surface area contributed by atoms with E-state index in [-0.39, 0.29) is 5.41 Å². The molecule has 0 bridgehead atoms. The highest BCUT2D eigenvalue weighted by atomic mass is 14.9. The third-order valence-electron chi connectivity index (χ3n) is 3.18. The van der Waals surface area contributed by atoms with Gasteiger partial charge in [-0.25, -0.2) is 0 Å². The van der Waals surface area contributed by atoms with Gasteiger partial charge in [0.15, 0.2) is 0 Å². The van der Waals surface area contributed by atoms with Gasteiger partial charge < -0.3 is 11.1 Å². The molecule has 0 atom stereocenters. The van der Waals surface area contributed by atoms with E-state index in [4.69, 9.17) is 5.73 Å². The minimum absolute atomic E-state index is 0.200. The zero-order valence-corrected chi connectivity index (χ0v) is 11.4. The first-order chi connectivity index (χ1) is 8.07. The van der Waals surface area contributed by atoms with Gasteiger partial charge in [-0.1, -0.05) is 45.0 Å². The van der Waals surface area contributed by atoms with E-state index in [1.807, 2.05) is 0 Å². The summed E-state index contributed by atoms with van der Waals surface area (Å²) in [5.74, 6) is 0. The Labute approximate surface area is 106 Å². The summed E-state index contributed by atoms with van der Waals surface area (Å²) in [6, 6.07) is 8.90. The normalized spacial score (nSPS) is 11.8. The van der Waals surface area contributed by atoms with E-state index < -0.39 is 0 Å². The number of benzene rings is 1. The van der Waals surface area contributed by atoms with Crippen LogP contribution in [-0.2, 0) is 12.8 Å². The molecule has 0 aliphatic rings. The molecule has 0 saturated heterocycles. The molecule has 0 aromatic heterocycles. The predicted octanol–water partition coefficient (Wildman–Crippen LogP) is 2.37. The highest BCUT2D eigenvalue weighted by Crippen LogP contribution is 2.10. The molecule has 3 N–H and O–H groups in total. The molecule has 96 valence electrons. The second-order valence-corrected chi connectivity index (χ2v) is 5.47. The van der Waals surface area contributed by atoms with E-state index in [1.165, 1.54) is 11.1 Å². The van der Waals surface area contributed by atoms with Crippen molar-refractivity contribution < 1.29 is 0 Å². The van der Waals surface area contributed by atoms with Crippen LogP contribution in [0, 0.1) is 5.41 Å². The first-order valence-corrected chi connectivity index (χ1v) is 6.56. The topological polar surface area (TPSA) is 38.0 Å². The van der Waals surface area contributed by atoms with Crippen LogP contribution in [-0.4, -0.2) is 19.6 Å². The average molecular weight is 234 g/mol. The lowest BCUT2D eigenvalue weighted by Crippen LogP contribution is -2.36. The third-order valence-corrected chi connectivity index (χ3v) is 3.18. The van der Waals surface area contributed by atoms with Gasteiger partial charge in [0, 0.05) is 6.54 Å². The molecule has 1 aromatic carbocycles. The van der Waals surface area contributed by atoms with Crippen LogP contribution in [0.25, 0.3) is 0 Å². The second kappa shape index (κ2) is 6.77. The Morgan fingerprint density at radius 2 is 1.71 bits per heavy atom. The number of nitrogens with one attached hydrogen (secondary N) is 1. The Bertz CT molecular complexity index is 314. The maximum absolute atomic E-state index is 5.69. The van der Waals surface area contributed by atoms with Crippen LogP contribution in [0.1, 0.15) is 31.9 Å². The Kier molecular flexibility index (Phi) is 5.66. The van der Waals surface area contributed by atoms with Crippen molar-refractivity contribution in [3.63, 3.8) is 0 Å². The zero-order chi connectivity index (χ0) is 12.7. The van der Waals surface area contributed by atoms with E-state index >= 15 is 0 Å². The van der Waals surface area contributed by atoms with Gasteiger partial charge in [-0.05, 0) is 42.5 Å². The summed E-state index contributed by atoms with van der Waals surface area (Å²) < 4.78 is 0. The van der Waals surface area contributed by atoms with Crippen LogP contribution in [0.4, 0.5) is 0 Å². The van der Waals surface area contributed by atoms with Gasteiger partial charge in [0.25, 0.3) is 0 Å². The molecule has 0 aliphatic heterocycles. The molecule has 0 amide bonds. The van der Waals surface area contributed by atoms with Crippen LogP contribution in [0.5, 0.6) is 0 Å². The molecular weight excluding hydrogens is 208 g/mol. The summed E-state index contributed by atoms with van der Waals surface area (Å²) in [6.45, 7) is 9.30. The number of rotatable bonds is 7. The van der Waals surface area contributed by atoms with Gasteiger partial charge in [-0.2, -0.15) is 0 Å². The average Bonchev–Trinajstić information content (AvgIpc) is 2.35. The minimum Gasteiger partial charge on any atom is -0.330 e. The van der Waals surface area contributed by atoms with E-state index in [0.717, 1.165) is 32.5 Å². The van der Waals surface area contributed by atoms with Crippen LogP contribution < -0.4 is 11.1 Å². The summed E-state index contributed by atoms with van der Waals surface area (Å²) in [4.78, 5) is 0. The molecule has 17 heavy (non-hydrogen) atoms. The first-order valence-electron chi connectivity index (χ1n) is 6.56. The van der Waals surface area contributed by atoms with Crippen LogP contribution >= 0.6 is 0 Å². The first kappa shape index (κ1) is 14.2. The molecule has 0 heterocycles. The lowest BCUT2D eigenvalue weighted by Gasteiger charge is -2.22. The van der Waals surface area contributed by atoms with Gasteiger partial charge in [-0.3, -0.25) is 0 Å². The Hall–Kier alpha value is -0.860. The molecule has 2 heteroatoms. The SMILES string of the molecule is CCc1ccc(CCNCC(C)(C)CN)cc1. The summed E-state index contributed by atoms with van der Waals surface area (Å²) in [6.07, 6.45) is 2.20. The number of nitrogens with two attached hydrogens (primary N) is 1. The van der Waals surface area contributed by atoms with Crippen molar-refractivity contribution in [3.05, 3.63) is 35.4 Å². The van der Waals surface area contributed by atoms with Gasteiger partial charge >= 0.3 is 0 Å².